The third-order valence-electron chi connectivity index (χ3n) is 3.34. The molecule has 1 saturated carbocycles. The molecule has 2 rings (SSSR count). The average molecular weight is 250 g/mol. The quantitative estimate of drug-likeness (QED) is 0.751. The standard InChI is InChI=1S/C12H18N4O2/c1-12(7-13,8-3-4-8)16-9-5-6-14-10(15-9)11(17)18-2/h5-6,8H,3-4,7,13H2,1-2H3,(H,14,15,16). The third kappa shape index (κ3) is 2.59. The van der Waals surface area contributed by atoms with E-state index in [1.807, 2.05) is 0 Å². The molecule has 0 radical (unpaired) electrons. The van der Waals surface area contributed by atoms with Crippen LogP contribution in [0.25, 0.3) is 0 Å². The Morgan fingerprint density at radius 3 is 2.94 bits per heavy atom. The predicted octanol–water partition coefficient (Wildman–Crippen LogP) is 0.802. The fourth-order valence-corrected chi connectivity index (χ4v) is 1.95. The first kappa shape index (κ1) is 12.8. The van der Waals surface area contributed by atoms with Crippen molar-refractivity contribution in [2.45, 2.75) is 25.3 Å². The molecule has 1 aliphatic carbocycles. The summed E-state index contributed by atoms with van der Waals surface area (Å²) in [5.41, 5.74) is 5.64. The van der Waals surface area contributed by atoms with Gasteiger partial charge in [-0.05, 0) is 31.7 Å². The van der Waals surface area contributed by atoms with E-state index < -0.39 is 5.97 Å². The summed E-state index contributed by atoms with van der Waals surface area (Å²) in [6, 6.07) is 1.72. The summed E-state index contributed by atoms with van der Waals surface area (Å²) in [5, 5.41) is 3.30. The van der Waals surface area contributed by atoms with Crippen LogP contribution in [0.15, 0.2) is 12.3 Å². The summed E-state index contributed by atoms with van der Waals surface area (Å²) in [6.07, 6.45) is 3.89. The van der Waals surface area contributed by atoms with E-state index in [0.29, 0.717) is 18.3 Å². The highest BCUT2D eigenvalue weighted by atomic mass is 16.5. The van der Waals surface area contributed by atoms with E-state index >= 15 is 0 Å². The van der Waals surface area contributed by atoms with Gasteiger partial charge in [0.1, 0.15) is 5.82 Å². The number of rotatable bonds is 5. The van der Waals surface area contributed by atoms with Crippen molar-refractivity contribution >= 4 is 11.8 Å². The Kier molecular flexibility index (Phi) is 3.47. The fraction of sp³-hybridized carbons (Fsp3) is 0.583. The predicted molar refractivity (Wildman–Crippen MR) is 67.2 cm³/mol. The molecular weight excluding hydrogens is 232 g/mol. The van der Waals surface area contributed by atoms with Gasteiger partial charge in [-0.3, -0.25) is 0 Å². The second-order valence-corrected chi connectivity index (χ2v) is 4.78. The van der Waals surface area contributed by atoms with Crippen LogP contribution < -0.4 is 11.1 Å². The minimum absolute atomic E-state index is 0.0534. The minimum Gasteiger partial charge on any atom is -0.463 e. The normalized spacial score (nSPS) is 17.9. The molecule has 0 aromatic carbocycles. The Hall–Kier alpha value is -1.69. The molecule has 1 aromatic rings. The summed E-state index contributed by atoms with van der Waals surface area (Å²) in [5.74, 6) is 0.682. The summed E-state index contributed by atoms with van der Waals surface area (Å²) >= 11 is 0. The molecule has 0 saturated heterocycles. The molecular formula is C12H18N4O2. The number of ether oxygens (including phenoxy) is 1. The number of hydrogen-bond donors (Lipinski definition) is 2. The first-order chi connectivity index (χ1) is 8.59. The molecule has 1 fully saturated rings. The monoisotopic (exact) mass is 250 g/mol. The number of aromatic nitrogens is 2. The fourth-order valence-electron chi connectivity index (χ4n) is 1.95. The number of hydrogen-bond acceptors (Lipinski definition) is 6. The highest BCUT2D eigenvalue weighted by Gasteiger charge is 2.40. The Bertz CT molecular complexity index is 447. The van der Waals surface area contributed by atoms with Crippen molar-refractivity contribution in [2.24, 2.45) is 11.7 Å². The van der Waals surface area contributed by atoms with Gasteiger partial charge in [-0.25, -0.2) is 14.8 Å². The zero-order valence-corrected chi connectivity index (χ0v) is 10.6. The third-order valence-corrected chi connectivity index (χ3v) is 3.34. The summed E-state index contributed by atoms with van der Waals surface area (Å²) in [7, 11) is 1.31. The molecule has 0 spiro atoms. The van der Waals surface area contributed by atoms with Crippen LogP contribution in [0.2, 0.25) is 0 Å². The molecule has 1 atom stereocenters. The van der Waals surface area contributed by atoms with Crippen molar-refractivity contribution in [1.82, 2.24) is 9.97 Å². The van der Waals surface area contributed by atoms with E-state index in [1.54, 1.807) is 6.07 Å². The molecule has 98 valence electrons. The van der Waals surface area contributed by atoms with Gasteiger partial charge >= 0.3 is 5.97 Å². The second kappa shape index (κ2) is 4.89. The Balaban J connectivity index is 2.16. The Labute approximate surface area is 106 Å². The highest BCUT2D eigenvalue weighted by molar-refractivity contribution is 5.85. The summed E-state index contributed by atoms with van der Waals surface area (Å²) in [6.45, 7) is 2.60. The molecule has 0 bridgehead atoms. The maximum absolute atomic E-state index is 11.3. The lowest BCUT2D eigenvalue weighted by molar-refractivity contribution is 0.0587. The lowest BCUT2D eigenvalue weighted by atomic mass is 9.96. The number of methoxy groups -OCH3 is 1. The molecule has 1 aromatic heterocycles. The Morgan fingerprint density at radius 2 is 2.39 bits per heavy atom. The van der Waals surface area contributed by atoms with Gasteiger partial charge in [-0.15, -0.1) is 0 Å². The van der Waals surface area contributed by atoms with Crippen LogP contribution in [-0.4, -0.2) is 35.1 Å². The van der Waals surface area contributed by atoms with Gasteiger partial charge < -0.3 is 15.8 Å². The van der Waals surface area contributed by atoms with E-state index in [1.165, 1.54) is 26.1 Å². The van der Waals surface area contributed by atoms with E-state index in [0.717, 1.165) is 0 Å². The second-order valence-electron chi connectivity index (χ2n) is 4.78. The van der Waals surface area contributed by atoms with Crippen molar-refractivity contribution in [1.29, 1.82) is 0 Å². The van der Waals surface area contributed by atoms with Crippen LogP contribution in [0, 0.1) is 5.92 Å². The zero-order chi connectivity index (χ0) is 13.2. The van der Waals surface area contributed by atoms with Crippen LogP contribution in [0.3, 0.4) is 0 Å². The topological polar surface area (TPSA) is 90.1 Å². The van der Waals surface area contributed by atoms with Crippen LogP contribution in [0.4, 0.5) is 5.82 Å². The number of anilines is 1. The van der Waals surface area contributed by atoms with Gasteiger partial charge in [-0.2, -0.15) is 0 Å². The lowest BCUT2D eigenvalue weighted by Crippen LogP contribution is -2.45. The van der Waals surface area contributed by atoms with Crippen molar-refractivity contribution < 1.29 is 9.53 Å². The van der Waals surface area contributed by atoms with E-state index in [4.69, 9.17) is 5.73 Å². The van der Waals surface area contributed by atoms with Crippen LogP contribution in [-0.2, 0) is 4.74 Å². The van der Waals surface area contributed by atoms with Crippen molar-refractivity contribution in [2.75, 3.05) is 19.0 Å². The Morgan fingerprint density at radius 1 is 1.67 bits per heavy atom. The lowest BCUT2D eigenvalue weighted by Gasteiger charge is -2.30. The minimum atomic E-state index is -0.542. The highest BCUT2D eigenvalue weighted by Crippen LogP contribution is 2.40. The SMILES string of the molecule is COC(=O)c1nccc(NC(C)(CN)C2CC2)n1. The number of nitrogens with zero attached hydrogens (tertiary/aromatic N) is 2. The average Bonchev–Trinajstić information content (AvgIpc) is 3.22. The van der Waals surface area contributed by atoms with Crippen LogP contribution >= 0.6 is 0 Å². The van der Waals surface area contributed by atoms with Crippen LogP contribution in [0.1, 0.15) is 30.4 Å². The van der Waals surface area contributed by atoms with Crippen molar-refractivity contribution in [3.63, 3.8) is 0 Å². The number of carbonyl (C=O) groups excluding carboxylic acids is 1. The molecule has 0 amide bonds. The molecule has 6 nitrogen and oxygen atoms in total. The smallest absolute Gasteiger partial charge is 0.376 e. The maximum Gasteiger partial charge on any atom is 0.376 e. The molecule has 3 N–H and O–H groups in total. The summed E-state index contributed by atoms with van der Waals surface area (Å²) < 4.78 is 4.59. The van der Waals surface area contributed by atoms with E-state index in [-0.39, 0.29) is 11.4 Å². The molecule has 1 heterocycles. The maximum atomic E-state index is 11.3. The van der Waals surface area contributed by atoms with E-state index in [2.05, 4.69) is 26.9 Å². The van der Waals surface area contributed by atoms with Gasteiger partial charge in [0, 0.05) is 12.7 Å². The van der Waals surface area contributed by atoms with Crippen molar-refractivity contribution in [3.05, 3.63) is 18.1 Å². The zero-order valence-electron chi connectivity index (χ0n) is 10.6. The molecule has 1 aliphatic rings. The summed E-state index contributed by atoms with van der Waals surface area (Å²) in [4.78, 5) is 19.4. The molecule has 1 unspecified atom stereocenters. The number of nitrogens with two attached hydrogens (primary N) is 1. The van der Waals surface area contributed by atoms with Gasteiger partial charge in [-0.1, -0.05) is 0 Å². The first-order valence-corrected chi connectivity index (χ1v) is 5.98. The van der Waals surface area contributed by atoms with Crippen LogP contribution in [0.5, 0.6) is 0 Å². The van der Waals surface area contributed by atoms with Gasteiger partial charge in [0.25, 0.3) is 0 Å². The van der Waals surface area contributed by atoms with Gasteiger partial charge in [0.2, 0.25) is 5.82 Å². The largest absolute Gasteiger partial charge is 0.463 e. The molecule has 6 heteroatoms. The number of carbonyl (C=O) groups is 1. The van der Waals surface area contributed by atoms with Gasteiger partial charge in [0.05, 0.1) is 12.6 Å². The number of esters is 1. The first-order valence-electron chi connectivity index (χ1n) is 5.98. The molecule has 18 heavy (non-hydrogen) atoms. The molecule has 0 aliphatic heterocycles. The van der Waals surface area contributed by atoms with E-state index in [9.17, 15) is 4.79 Å². The van der Waals surface area contributed by atoms with Gasteiger partial charge in [0.15, 0.2) is 0 Å². The van der Waals surface area contributed by atoms with Crippen molar-refractivity contribution in [3.8, 4) is 0 Å². The number of nitrogens with one attached hydrogen (secondary N) is 1.